The lowest BCUT2D eigenvalue weighted by atomic mass is 10.1. The largest absolute Gasteiger partial charge is 0.493 e. The zero-order valence-corrected chi connectivity index (χ0v) is 20.5. The molecule has 0 radical (unpaired) electrons. The molecular weight excluding hydrogens is 496 g/mol. The van der Waals surface area contributed by atoms with Gasteiger partial charge in [-0.1, -0.05) is 28.1 Å². The van der Waals surface area contributed by atoms with Crippen LogP contribution in [0.1, 0.15) is 11.1 Å². The molecule has 2 aromatic rings. The molecule has 2 aromatic carbocycles. The second-order valence-corrected chi connectivity index (χ2v) is 8.24. The van der Waals surface area contributed by atoms with E-state index in [4.69, 9.17) is 34.0 Å². The quantitative estimate of drug-likeness (QED) is 0.528. The minimum atomic E-state index is -1.82. The number of nitrogens with zero attached hydrogens (tertiary/aromatic N) is 2. The van der Waals surface area contributed by atoms with E-state index in [0.29, 0.717) is 17.2 Å². The molecule has 0 saturated carbocycles. The lowest BCUT2D eigenvalue weighted by Crippen LogP contribution is -2.45. The second-order valence-electron chi connectivity index (χ2n) is 7.32. The van der Waals surface area contributed by atoms with E-state index in [2.05, 4.69) is 50.0 Å². The van der Waals surface area contributed by atoms with Gasteiger partial charge in [0.05, 0.1) is 21.3 Å². The Morgan fingerprint density at radius 1 is 0.788 bits per heavy atom. The van der Waals surface area contributed by atoms with Gasteiger partial charge < -0.3 is 24.4 Å². The molecule has 0 aromatic heterocycles. The van der Waals surface area contributed by atoms with E-state index in [-0.39, 0.29) is 0 Å². The number of rotatable bonds is 7. The highest BCUT2D eigenvalue weighted by atomic mass is 79.9. The minimum absolute atomic E-state index is 0.642. The molecular formula is C23H29BrN2O7. The molecule has 1 saturated heterocycles. The molecule has 0 aliphatic carbocycles. The van der Waals surface area contributed by atoms with Crippen molar-refractivity contribution in [3.05, 3.63) is 52.0 Å². The van der Waals surface area contributed by atoms with Crippen LogP contribution in [0, 0.1) is 0 Å². The first kappa shape index (κ1) is 26.4. The van der Waals surface area contributed by atoms with Crippen LogP contribution in [0.3, 0.4) is 0 Å². The molecule has 1 fully saturated rings. The summed E-state index contributed by atoms with van der Waals surface area (Å²) in [6.07, 6.45) is 0. The van der Waals surface area contributed by atoms with Gasteiger partial charge >= 0.3 is 11.9 Å². The van der Waals surface area contributed by atoms with E-state index in [1.807, 2.05) is 12.1 Å². The molecule has 9 nitrogen and oxygen atoms in total. The Kier molecular flexibility index (Phi) is 10.4. The van der Waals surface area contributed by atoms with Crippen molar-refractivity contribution in [3.63, 3.8) is 0 Å². The number of methoxy groups -OCH3 is 3. The van der Waals surface area contributed by atoms with Gasteiger partial charge in [-0.15, -0.1) is 0 Å². The summed E-state index contributed by atoms with van der Waals surface area (Å²) in [5.74, 6) is -1.59. The fourth-order valence-electron chi connectivity index (χ4n) is 3.44. The average Bonchev–Trinajstić information content (AvgIpc) is 2.81. The number of carbonyl (C=O) groups is 2. The summed E-state index contributed by atoms with van der Waals surface area (Å²) >= 11 is 3.49. The standard InChI is InChI=1S/C21H27BrN2O3.C2H2O4/c1-25-19-12-17(13-20(26-2)21(19)27-3)15-24-10-8-23(9-11-24)14-16-4-6-18(22)7-5-16;3-1(4)2(5)6/h4-7,12-13H,8-11,14-15H2,1-3H3;(H,3,4)(H,5,6). The highest BCUT2D eigenvalue weighted by Gasteiger charge is 2.19. The van der Waals surface area contributed by atoms with Gasteiger partial charge in [0, 0.05) is 43.7 Å². The van der Waals surface area contributed by atoms with Crippen LogP contribution in [-0.2, 0) is 22.7 Å². The highest BCUT2D eigenvalue weighted by molar-refractivity contribution is 9.10. The monoisotopic (exact) mass is 524 g/mol. The van der Waals surface area contributed by atoms with E-state index in [0.717, 1.165) is 43.7 Å². The molecule has 1 aliphatic heterocycles. The summed E-state index contributed by atoms with van der Waals surface area (Å²) in [5.41, 5.74) is 2.53. The second kappa shape index (κ2) is 13.0. The smallest absolute Gasteiger partial charge is 0.414 e. The van der Waals surface area contributed by atoms with E-state index in [1.165, 1.54) is 11.1 Å². The number of aliphatic carboxylic acids is 2. The fourth-order valence-corrected chi connectivity index (χ4v) is 3.70. The topological polar surface area (TPSA) is 109 Å². The molecule has 0 amide bonds. The molecule has 180 valence electrons. The molecule has 1 heterocycles. The van der Waals surface area contributed by atoms with Crippen LogP contribution >= 0.6 is 15.9 Å². The van der Waals surface area contributed by atoms with Crippen LogP contribution in [0.15, 0.2) is 40.9 Å². The zero-order chi connectivity index (χ0) is 24.4. The van der Waals surface area contributed by atoms with Gasteiger partial charge in [0.1, 0.15) is 0 Å². The van der Waals surface area contributed by atoms with Gasteiger partial charge in [-0.2, -0.15) is 0 Å². The third-order valence-corrected chi connectivity index (χ3v) is 5.63. The van der Waals surface area contributed by atoms with Crippen molar-refractivity contribution in [1.29, 1.82) is 0 Å². The van der Waals surface area contributed by atoms with Gasteiger partial charge in [-0.3, -0.25) is 9.80 Å². The molecule has 0 unspecified atom stereocenters. The van der Waals surface area contributed by atoms with Gasteiger partial charge in [-0.25, -0.2) is 9.59 Å². The van der Waals surface area contributed by atoms with Crippen molar-refractivity contribution >= 4 is 27.9 Å². The number of carboxylic acid groups (broad SMARTS) is 2. The molecule has 0 spiro atoms. The first-order valence-corrected chi connectivity index (χ1v) is 11.0. The van der Waals surface area contributed by atoms with Gasteiger partial charge in [0.25, 0.3) is 0 Å². The highest BCUT2D eigenvalue weighted by Crippen LogP contribution is 2.38. The molecule has 0 bridgehead atoms. The Hall–Kier alpha value is -2.82. The van der Waals surface area contributed by atoms with Crippen LogP contribution in [0.2, 0.25) is 0 Å². The van der Waals surface area contributed by atoms with Gasteiger partial charge in [0.2, 0.25) is 5.75 Å². The summed E-state index contributed by atoms with van der Waals surface area (Å²) in [6, 6.07) is 12.7. The maximum absolute atomic E-state index is 9.10. The summed E-state index contributed by atoms with van der Waals surface area (Å²) in [4.78, 5) is 23.2. The van der Waals surface area contributed by atoms with Crippen molar-refractivity contribution in [2.45, 2.75) is 13.1 Å². The predicted molar refractivity (Wildman–Crippen MR) is 126 cm³/mol. The SMILES string of the molecule is COc1cc(CN2CCN(Cc3ccc(Br)cc3)CC2)cc(OC)c1OC.O=C(O)C(=O)O. The Balaban J connectivity index is 0.000000569. The predicted octanol–water partition coefficient (Wildman–Crippen LogP) is 2.95. The number of hydrogen-bond acceptors (Lipinski definition) is 7. The van der Waals surface area contributed by atoms with Gasteiger partial charge in [-0.05, 0) is 35.4 Å². The fraction of sp³-hybridized carbons (Fsp3) is 0.391. The number of carboxylic acids is 2. The average molecular weight is 525 g/mol. The Morgan fingerprint density at radius 3 is 1.58 bits per heavy atom. The molecule has 33 heavy (non-hydrogen) atoms. The summed E-state index contributed by atoms with van der Waals surface area (Å²) in [5, 5.41) is 14.8. The third kappa shape index (κ3) is 8.23. The van der Waals surface area contributed by atoms with Crippen LogP contribution < -0.4 is 14.2 Å². The van der Waals surface area contributed by atoms with E-state index in [1.54, 1.807) is 21.3 Å². The maximum atomic E-state index is 9.10. The first-order valence-electron chi connectivity index (χ1n) is 10.2. The number of benzene rings is 2. The van der Waals surface area contributed by atoms with E-state index < -0.39 is 11.9 Å². The summed E-state index contributed by atoms with van der Waals surface area (Å²) < 4.78 is 17.5. The van der Waals surface area contributed by atoms with Gasteiger partial charge in [0.15, 0.2) is 11.5 Å². The number of halogens is 1. The summed E-state index contributed by atoms with van der Waals surface area (Å²) in [7, 11) is 4.94. The molecule has 3 rings (SSSR count). The molecule has 2 N–H and O–H groups in total. The molecule has 1 aliphatic rings. The Labute approximate surface area is 201 Å². The maximum Gasteiger partial charge on any atom is 0.414 e. The minimum Gasteiger partial charge on any atom is -0.493 e. The normalized spacial score (nSPS) is 14.1. The lowest BCUT2D eigenvalue weighted by molar-refractivity contribution is -0.159. The van der Waals surface area contributed by atoms with Crippen LogP contribution in [0.25, 0.3) is 0 Å². The number of ether oxygens (including phenoxy) is 3. The Bertz CT molecular complexity index is 892. The van der Waals surface area contributed by atoms with E-state index in [9.17, 15) is 0 Å². The first-order chi connectivity index (χ1) is 15.8. The van der Waals surface area contributed by atoms with Crippen LogP contribution in [0.5, 0.6) is 17.2 Å². The Morgan fingerprint density at radius 2 is 1.21 bits per heavy atom. The van der Waals surface area contributed by atoms with Crippen molar-refractivity contribution in [2.75, 3.05) is 47.5 Å². The lowest BCUT2D eigenvalue weighted by Gasteiger charge is -2.34. The third-order valence-electron chi connectivity index (χ3n) is 5.10. The van der Waals surface area contributed by atoms with Crippen molar-refractivity contribution in [3.8, 4) is 17.2 Å². The van der Waals surface area contributed by atoms with Crippen LogP contribution in [-0.4, -0.2) is 79.5 Å². The van der Waals surface area contributed by atoms with Crippen molar-refractivity contribution in [2.24, 2.45) is 0 Å². The molecule has 10 heteroatoms. The zero-order valence-electron chi connectivity index (χ0n) is 18.9. The van der Waals surface area contributed by atoms with Crippen molar-refractivity contribution in [1.82, 2.24) is 9.80 Å². The number of hydrogen-bond donors (Lipinski definition) is 2. The molecule has 0 atom stereocenters. The number of piperazine rings is 1. The van der Waals surface area contributed by atoms with Crippen LogP contribution in [0.4, 0.5) is 0 Å². The van der Waals surface area contributed by atoms with Crippen molar-refractivity contribution < 1.29 is 34.0 Å². The van der Waals surface area contributed by atoms with E-state index >= 15 is 0 Å². The summed E-state index contributed by atoms with van der Waals surface area (Å²) in [6.45, 7) is 6.12.